The SMILES string of the molecule is CCCN(CC)CCCOc1ccc(C)cc1. The van der Waals surface area contributed by atoms with Crippen molar-refractivity contribution in [2.75, 3.05) is 26.2 Å². The zero-order valence-electron chi connectivity index (χ0n) is 11.4. The third kappa shape index (κ3) is 5.73. The highest BCUT2D eigenvalue weighted by atomic mass is 16.5. The van der Waals surface area contributed by atoms with Crippen LogP contribution in [0.5, 0.6) is 5.75 Å². The van der Waals surface area contributed by atoms with Crippen molar-refractivity contribution in [3.63, 3.8) is 0 Å². The van der Waals surface area contributed by atoms with Crippen molar-refractivity contribution in [2.45, 2.75) is 33.6 Å². The molecule has 0 heterocycles. The maximum atomic E-state index is 5.71. The van der Waals surface area contributed by atoms with Crippen molar-refractivity contribution in [2.24, 2.45) is 0 Å². The number of aryl methyl sites for hydroxylation is 1. The molecule has 0 aliphatic rings. The van der Waals surface area contributed by atoms with Gasteiger partial charge in [-0.3, -0.25) is 0 Å². The van der Waals surface area contributed by atoms with Gasteiger partial charge in [-0.1, -0.05) is 31.5 Å². The highest BCUT2D eigenvalue weighted by molar-refractivity contribution is 5.26. The van der Waals surface area contributed by atoms with Gasteiger partial charge >= 0.3 is 0 Å². The molecule has 0 saturated carbocycles. The van der Waals surface area contributed by atoms with Crippen molar-refractivity contribution in [3.8, 4) is 5.75 Å². The molecule has 0 fully saturated rings. The first-order valence-corrected chi connectivity index (χ1v) is 6.68. The smallest absolute Gasteiger partial charge is 0.119 e. The first kappa shape index (κ1) is 14.0. The second-order valence-corrected chi connectivity index (χ2v) is 4.45. The number of nitrogens with zero attached hydrogens (tertiary/aromatic N) is 1. The Bertz CT molecular complexity index is 294. The molecule has 1 aromatic rings. The van der Waals surface area contributed by atoms with E-state index in [-0.39, 0.29) is 0 Å². The minimum atomic E-state index is 0.809. The fraction of sp³-hybridized carbons (Fsp3) is 0.600. The molecule has 0 N–H and O–H groups in total. The maximum absolute atomic E-state index is 5.71. The highest BCUT2D eigenvalue weighted by Crippen LogP contribution is 2.11. The lowest BCUT2D eigenvalue weighted by molar-refractivity contribution is 0.242. The Labute approximate surface area is 106 Å². The summed E-state index contributed by atoms with van der Waals surface area (Å²) >= 11 is 0. The van der Waals surface area contributed by atoms with Crippen LogP contribution >= 0.6 is 0 Å². The van der Waals surface area contributed by atoms with Crippen molar-refractivity contribution < 1.29 is 4.74 Å². The number of benzene rings is 1. The molecule has 1 aromatic carbocycles. The van der Waals surface area contributed by atoms with Crippen LogP contribution in [-0.2, 0) is 0 Å². The summed E-state index contributed by atoms with van der Waals surface area (Å²) in [4.78, 5) is 2.47. The Morgan fingerprint density at radius 3 is 2.35 bits per heavy atom. The summed E-state index contributed by atoms with van der Waals surface area (Å²) in [5.41, 5.74) is 1.28. The van der Waals surface area contributed by atoms with E-state index in [1.807, 2.05) is 12.1 Å². The Kier molecular flexibility index (Phi) is 6.71. The van der Waals surface area contributed by atoms with Gasteiger partial charge in [-0.15, -0.1) is 0 Å². The van der Waals surface area contributed by atoms with Gasteiger partial charge in [-0.25, -0.2) is 0 Å². The van der Waals surface area contributed by atoms with Crippen LogP contribution in [0.2, 0.25) is 0 Å². The van der Waals surface area contributed by atoms with Crippen LogP contribution in [0.15, 0.2) is 24.3 Å². The Balaban J connectivity index is 2.17. The Hall–Kier alpha value is -1.02. The number of hydrogen-bond donors (Lipinski definition) is 0. The molecule has 17 heavy (non-hydrogen) atoms. The van der Waals surface area contributed by atoms with E-state index >= 15 is 0 Å². The second-order valence-electron chi connectivity index (χ2n) is 4.45. The van der Waals surface area contributed by atoms with Gasteiger partial charge in [0.15, 0.2) is 0 Å². The van der Waals surface area contributed by atoms with Gasteiger partial charge in [0, 0.05) is 6.54 Å². The molecule has 0 aliphatic carbocycles. The average Bonchev–Trinajstić information content (AvgIpc) is 2.35. The van der Waals surface area contributed by atoms with Gasteiger partial charge in [0.05, 0.1) is 6.61 Å². The monoisotopic (exact) mass is 235 g/mol. The lowest BCUT2D eigenvalue weighted by atomic mass is 10.2. The number of ether oxygens (including phenoxy) is 1. The normalized spacial score (nSPS) is 10.8. The maximum Gasteiger partial charge on any atom is 0.119 e. The first-order valence-electron chi connectivity index (χ1n) is 6.68. The predicted octanol–water partition coefficient (Wildman–Crippen LogP) is 3.50. The van der Waals surface area contributed by atoms with Crippen molar-refractivity contribution in [3.05, 3.63) is 29.8 Å². The van der Waals surface area contributed by atoms with Crippen LogP contribution in [0.3, 0.4) is 0 Å². The van der Waals surface area contributed by atoms with Gasteiger partial charge < -0.3 is 9.64 Å². The van der Waals surface area contributed by atoms with Crippen LogP contribution in [-0.4, -0.2) is 31.1 Å². The van der Waals surface area contributed by atoms with Crippen molar-refractivity contribution in [1.82, 2.24) is 4.90 Å². The van der Waals surface area contributed by atoms with E-state index in [1.165, 1.54) is 18.5 Å². The molecule has 2 heteroatoms. The minimum Gasteiger partial charge on any atom is -0.494 e. The molecule has 0 amide bonds. The Morgan fingerprint density at radius 2 is 1.76 bits per heavy atom. The van der Waals surface area contributed by atoms with E-state index in [9.17, 15) is 0 Å². The fourth-order valence-electron chi connectivity index (χ4n) is 1.86. The average molecular weight is 235 g/mol. The van der Waals surface area contributed by atoms with Crippen molar-refractivity contribution in [1.29, 1.82) is 0 Å². The quantitative estimate of drug-likeness (QED) is 0.639. The number of hydrogen-bond acceptors (Lipinski definition) is 2. The topological polar surface area (TPSA) is 12.5 Å². The minimum absolute atomic E-state index is 0.809. The van der Waals surface area contributed by atoms with E-state index in [2.05, 4.69) is 37.8 Å². The molecular weight excluding hydrogens is 210 g/mol. The van der Waals surface area contributed by atoms with E-state index in [0.717, 1.165) is 31.9 Å². The van der Waals surface area contributed by atoms with Gasteiger partial charge in [0.1, 0.15) is 5.75 Å². The predicted molar refractivity (Wildman–Crippen MR) is 73.7 cm³/mol. The van der Waals surface area contributed by atoms with Crippen LogP contribution < -0.4 is 4.74 Å². The van der Waals surface area contributed by atoms with E-state index < -0.39 is 0 Å². The first-order chi connectivity index (χ1) is 8.26. The molecule has 0 unspecified atom stereocenters. The molecule has 0 bridgehead atoms. The summed E-state index contributed by atoms with van der Waals surface area (Å²) in [7, 11) is 0. The molecule has 0 aromatic heterocycles. The van der Waals surface area contributed by atoms with Crippen LogP contribution in [0, 0.1) is 6.92 Å². The van der Waals surface area contributed by atoms with E-state index in [4.69, 9.17) is 4.74 Å². The van der Waals surface area contributed by atoms with Crippen LogP contribution in [0.25, 0.3) is 0 Å². The van der Waals surface area contributed by atoms with Gasteiger partial charge in [-0.2, -0.15) is 0 Å². The molecule has 96 valence electrons. The Morgan fingerprint density at radius 1 is 1.06 bits per heavy atom. The molecule has 1 rings (SSSR count). The molecule has 0 atom stereocenters. The van der Waals surface area contributed by atoms with E-state index in [1.54, 1.807) is 0 Å². The van der Waals surface area contributed by atoms with Gasteiger partial charge in [0.25, 0.3) is 0 Å². The fourth-order valence-corrected chi connectivity index (χ4v) is 1.86. The lowest BCUT2D eigenvalue weighted by Crippen LogP contribution is -2.26. The molecule has 0 spiro atoms. The molecule has 0 radical (unpaired) electrons. The second kappa shape index (κ2) is 8.13. The molecular formula is C15H25NO. The summed E-state index contributed by atoms with van der Waals surface area (Å²) < 4.78 is 5.71. The van der Waals surface area contributed by atoms with Gasteiger partial charge in [0.2, 0.25) is 0 Å². The summed E-state index contributed by atoms with van der Waals surface area (Å²) in [6.07, 6.45) is 2.33. The summed E-state index contributed by atoms with van der Waals surface area (Å²) in [5.74, 6) is 0.981. The molecule has 0 aliphatic heterocycles. The third-order valence-corrected chi connectivity index (χ3v) is 2.90. The summed E-state index contributed by atoms with van der Waals surface area (Å²) in [6.45, 7) is 10.8. The third-order valence-electron chi connectivity index (χ3n) is 2.90. The van der Waals surface area contributed by atoms with Crippen LogP contribution in [0.1, 0.15) is 32.3 Å². The van der Waals surface area contributed by atoms with E-state index in [0.29, 0.717) is 0 Å². The molecule has 0 saturated heterocycles. The molecule has 2 nitrogen and oxygen atoms in total. The summed E-state index contributed by atoms with van der Waals surface area (Å²) in [6, 6.07) is 8.26. The van der Waals surface area contributed by atoms with Crippen molar-refractivity contribution >= 4 is 0 Å². The largest absolute Gasteiger partial charge is 0.494 e. The zero-order chi connectivity index (χ0) is 12.5. The summed E-state index contributed by atoms with van der Waals surface area (Å²) in [5, 5.41) is 0. The zero-order valence-corrected chi connectivity index (χ0v) is 11.4. The number of rotatable bonds is 8. The van der Waals surface area contributed by atoms with Gasteiger partial charge in [-0.05, 0) is 45.0 Å². The highest BCUT2D eigenvalue weighted by Gasteiger charge is 2.00. The standard InChI is InChI=1S/C15H25NO/c1-4-11-16(5-2)12-6-13-17-15-9-7-14(3)8-10-15/h7-10H,4-6,11-13H2,1-3H3. The van der Waals surface area contributed by atoms with Crippen LogP contribution in [0.4, 0.5) is 0 Å². The lowest BCUT2D eigenvalue weighted by Gasteiger charge is -2.19.